The van der Waals surface area contributed by atoms with Crippen LogP contribution >= 0.6 is 0 Å². The largest absolute Gasteiger partial charge is 0.481 e. The van der Waals surface area contributed by atoms with Crippen molar-refractivity contribution in [1.29, 1.82) is 0 Å². The lowest BCUT2D eigenvalue weighted by Crippen LogP contribution is -2.49. The number of rotatable bonds is 3. The summed E-state index contributed by atoms with van der Waals surface area (Å²) in [5.41, 5.74) is 0.868. The summed E-state index contributed by atoms with van der Waals surface area (Å²) < 4.78 is 7.06. The molecule has 2 fully saturated rings. The quantitative estimate of drug-likeness (QED) is 0.685. The minimum absolute atomic E-state index is 0.381. The zero-order valence-corrected chi connectivity index (χ0v) is 15.5. The van der Waals surface area contributed by atoms with Crippen LogP contribution in [-0.2, 0) is 7.05 Å². The van der Waals surface area contributed by atoms with Crippen LogP contribution in [0.2, 0.25) is 0 Å². The molecule has 2 aliphatic rings. The van der Waals surface area contributed by atoms with Gasteiger partial charge in [-0.25, -0.2) is 15.0 Å². The lowest BCUT2D eigenvalue weighted by molar-refractivity contribution is 0.379. The Morgan fingerprint density at radius 1 is 1.15 bits per heavy atom. The predicted octanol–water partition coefficient (Wildman–Crippen LogP) is 1.27. The molecule has 0 aromatic carbocycles. The molecule has 0 aliphatic carbocycles. The van der Waals surface area contributed by atoms with Gasteiger partial charge in [0.05, 0.1) is 24.7 Å². The number of fused-ring (bicyclic) bond motifs is 2. The van der Waals surface area contributed by atoms with Crippen molar-refractivity contribution < 1.29 is 4.74 Å². The number of hydrogen-bond donors (Lipinski definition) is 0. The highest BCUT2D eigenvalue weighted by atomic mass is 16.5. The molecule has 0 amide bonds. The molecule has 27 heavy (non-hydrogen) atoms. The van der Waals surface area contributed by atoms with E-state index in [4.69, 9.17) is 4.74 Å². The van der Waals surface area contributed by atoms with Crippen molar-refractivity contribution in [2.24, 2.45) is 13.0 Å². The van der Waals surface area contributed by atoms with Crippen LogP contribution in [0, 0.1) is 5.92 Å². The van der Waals surface area contributed by atoms with Crippen LogP contribution in [0.4, 0.5) is 11.8 Å². The monoisotopic (exact) mass is 366 g/mol. The molecular weight excluding hydrogens is 344 g/mol. The van der Waals surface area contributed by atoms with Gasteiger partial charge in [0, 0.05) is 38.9 Å². The first-order chi connectivity index (χ1) is 13.2. The van der Waals surface area contributed by atoms with Crippen LogP contribution in [0.3, 0.4) is 0 Å². The van der Waals surface area contributed by atoms with Crippen molar-refractivity contribution in [2.45, 2.75) is 18.9 Å². The molecule has 3 aromatic rings. The Labute approximate surface area is 157 Å². The normalized spacial score (nSPS) is 22.3. The van der Waals surface area contributed by atoms with E-state index in [1.807, 2.05) is 13.2 Å². The highest BCUT2D eigenvalue weighted by Gasteiger charge is 2.40. The number of hydrogen-bond acceptors (Lipinski definition) is 8. The van der Waals surface area contributed by atoms with Crippen molar-refractivity contribution in [1.82, 2.24) is 29.7 Å². The Balaban J connectivity index is 1.46. The highest BCUT2D eigenvalue weighted by molar-refractivity contribution is 5.87. The minimum Gasteiger partial charge on any atom is -0.481 e. The number of aryl methyl sites for hydroxylation is 1. The molecule has 5 rings (SSSR count). The first-order valence-electron chi connectivity index (χ1n) is 9.26. The molecule has 2 unspecified atom stereocenters. The molecule has 9 nitrogen and oxygen atoms in total. The fourth-order valence-corrected chi connectivity index (χ4v) is 4.36. The Morgan fingerprint density at radius 2 is 2.04 bits per heavy atom. The van der Waals surface area contributed by atoms with E-state index in [-0.39, 0.29) is 0 Å². The maximum atomic E-state index is 5.26. The van der Waals surface area contributed by atoms with Gasteiger partial charge in [0.1, 0.15) is 12.1 Å². The maximum absolute atomic E-state index is 5.26. The second-order valence-electron chi connectivity index (χ2n) is 7.15. The van der Waals surface area contributed by atoms with Gasteiger partial charge >= 0.3 is 0 Å². The molecule has 2 saturated heterocycles. The SMILES string of the molecule is COc1ccnc(N2CCC3CCN(c4ncnc5c4cnn5C)C3C2)n1. The number of nitrogens with zero attached hydrogens (tertiary/aromatic N) is 8. The van der Waals surface area contributed by atoms with E-state index < -0.39 is 0 Å². The number of aromatic nitrogens is 6. The number of piperidine rings is 1. The molecule has 9 heteroatoms. The molecular formula is C18H22N8O. The standard InChI is InChI=1S/C18H22N8O/c1-24-16-13(9-22-24)17(21-11-20-16)26-8-5-12-4-7-25(10-14(12)26)18-19-6-3-15(23-18)27-2/h3,6,9,11-12,14H,4-5,7-8,10H2,1-2H3. The molecule has 140 valence electrons. The van der Waals surface area contributed by atoms with Gasteiger partial charge in [0.15, 0.2) is 5.65 Å². The van der Waals surface area contributed by atoms with E-state index in [0.717, 1.165) is 48.9 Å². The van der Waals surface area contributed by atoms with E-state index in [0.29, 0.717) is 17.8 Å². The predicted molar refractivity (Wildman–Crippen MR) is 101 cm³/mol. The van der Waals surface area contributed by atoms with Crippen molar-refractivity contribution in [3.8, 4) is 5.88 Å². The van der Waals surface area contributed by atoms with Gasteiger partial charge in [-0.15, -0.1) is 0 Å². The minimum atomic E-state index is 0.381. The molecule has 5 heterocycles. The summed E-state index contributed by atoms with van der Waals surface area (Å²) >= 11 is 0. The van der Waals surface area contributed by atoms with Crippen LogP contribution in [0.25, 0.3) is 11.0 Å². The number of anilines is 2. The molecule has 0 bridgehead atoms. The summed E-state index contributed by atoms with van der Waals surface area (Å²) in [6.07, 6.45) is 7.57. The molecule has 0 radical (unpaired) electrons. The van der Waals surface area contributed by atoms with Gasteiger partial charge in [0.25, 0.3) is 0 Å². The summed E-state index contributed by atoms with van der Waals surface area (Å²) in [7, 11) is 3.54. The molecule has 0 spiro atoms. The lowest BCUT2D eigenvalue weighted by Gasteiger charge is -2.38. The van der Waals surface area contributed by atoms with Crippen LogP contribution < -0.4 is 14.5 Å². The van der Waals surface area contributed by atoms with Gasteiger partial charge in [-0.3, -0.25) is 4.68 Å². The van der Waals surface area contributed by atoms with Crippen molar-refractivity contribution >= 4 is 22.8 Å². The number of ether oxygens (including phenoxy) is 1. The van der Waals surface area contributed by atoms with Crippen molar-refractivity contribution in [2.75, 3.05) is 36.5 Å². The molecule has 2 atom stereocenters. The van der Waals surface area contributed by atoms with Gasteiger partial charge in [0.2, 0.25) is 11.8 Å². The van der Waals surface area contributed by atoms with E-state index >= 15 is 0 Å². The molecule has 0 saturated carbocycles. The van der Waals surface area contributed by atoms with Crippen LogP contribution in [0.15, 0.2) is 24.8 Å². The molecule has 3 aromatic heterocycles. The van der Waals surface area contributed by atoms with Crippen molar-refractivity contribution in [3.05, 3.63) is 24.8 Å². The highest BCUT2D eigenvalue weighted by Crippen LogP contribution is 2.37. The summed E-state index contributed by atoms with van der Waals surface area (Å²) in [6.45, 7) is 2.85. The fourth-order valence-electron chi connectivity index (χ4n) is 4.36. The van der Waals surface area contributed by atoms with Crippen LogP contribution in [0.5, 0.6) is 5.88 Å². The summed E-state index contributed by atoms with van der Waals surface area (Å²) in [4.78, 5) is 22.6. The third-order valence-corrected chi connectivity index (χ3v) is 5.75. The van der Waals surface area contributed by atoms with Gasteiger partial charge < -0.3 is 14.5 Å². The van der Waals surface area contributed by atoms with Crippen LogP contribution in [-0.4, -0.2) is 62.5 Å². The molecule has 0 N–H and O–H groups in total. The molecule has 2 aliphatic heterocycles. The van der Waals surface area contributed by atoms with E-state index in [1.165, 1.54) is 6.42 Å². The average Bonchev–Trinajstić information content (AvgIpc) is 3.31. The van der Waals surface area contributed by atoms with Gasteiger partial charge in [-0.05, 0) is 18.8 Å². The van der Waals surface area contributed by atoms with Crippen molar-refractivity contribution in [3.63, 3.8) is 0 Å². The third-order valence-electron chi connectivity index (χ3n) is 5.75. The van der Waals surface area contributed by atoms with E-state index in [1.54, 1.807) is 30.4 Å². The zero-order valence-electron chi connectivity index (χ0n) is 15.5. The van der Waals surface area contributed by atoms with E-state index in [9.17, 15) is 0 Å². The Hall–Kier alpha value is -2.97. The first-order valence-corrected chi connectivity index (χ1v) is 9.26. The smallest absolute Gasteiger partial charge is 0.228 e. The number of methoxy groups -OCH3 is 1. The lowest BCUT2D eigenvalue weighted by atomic mass is 9.92. The Bertz CT molecular complexity index is 973. The third kappa shape index (κ3) is 2.65. The maximum Gasteiger partial charge on any atom is 0.228 e. The summed E-state index contributed by atoms with van der Waals surface area (Å²) in [6, 6.07) is 2.16. The van der Waals surface area contributed by atoms with Gasteiger partial charge in [-0.2, -0.15) is 10.1 Å². The van der Waals surface area contributed by atoms with Gasteiger partial charge in [-0.1, -0.05) is 0 Å². The second kappa shape index (κ2) is 6.33. The fraction of sp³-hybridized carbons (Fsp3) is 0.500. The Morgan fingerprint density at radius 3 is 2.93 bits per heavy atom. The summed E-state index contributed by atoms with van der Waals surface area (Å²) in [5.74, 6) is 2.97. The Kier molecular flexibility index (Phi) is 3.80. The van der Waals surface area contributed by atoms with Crippen LogP contribution in [0.1, 0.15) is 12.8 Å². The zero-order chi connectivity index (χ0) is 18.4. The second-order valence-corrected chi connectivity index (χ2v) is 7.15. The summed E-state index contributed by atoms with van der Waals surface area (Å²) in [5, 5.41) is 5.37. The topological polar surface area (TPSA) is 85.1 Å². The average molecular weight is 366 g/mol. The van der Waals surface area contributed by atoms with E-state index in [2.05, 4.69) is 34.8 Å². The first kappa shape index (κ1) is 16.2.